The predicted octanol–water partition coefficient (Wildman–Crippen LogP) is 4.29. The first-order chi connectivity index (χ1) is 8.81. The third kappa shape index (κ3) is 2.49. The van der Waals surface area contributed by atoms with Crippen LogP contribution in [0.25, 0.3) is 10.2 Å². The average Bonchev–Trinajstić information content (AvgIpc) is 2.79. The van der Waals surface area contributed by atoms with E-state index in [0.29, 0.717) is 5.75 Å². The summed E-state index contributed by atoms with van der Waals surface area (Å²) in [5, 5.41) is 9.42. The highest BCUT2D eigenvalue weighted by Gasteiger charge is 2.05. The van der Waals surface area contributed by atoms with Gasteiger partial charge < -0.3 is 5.11 Å². The lowest BCUT2D eigenvalue weighted by molar-refractivity contribution is 0.476. The van der Waals surface area contributed by atoms with E-state index >= 15 is 0 Å². The van der Waals surface area contributed by atoms with Gasteiger partial charge in [-0.05, 0) is 23.8 Å². The Morgan fingerprint density at radius 2 is 1.94 bits per heavy atom. The lowest BCUT2D eigenvalue weighted by Gasteiger charge is -1.97. The van der Waals surface area contributed by atoms with Crippen molar-refractivity contribution in [2.75, 3.05) is 0 Å². The highest BCUT2D eigenvalue weighted by Crippen LogP contribution is 2.32. The molecule has 0 aliphatic heterocycles. The SMILES string of the molecule is Oc1ccc2nc(SCc3ccccc3)sc2c1. The summed E-state index contributed by atoms with van der Waals surface area (Å²) in [6.45, 7) is 0. The fourth-order valence-electron chi connectivity index (χ4n) is 1.67. The van der Waals surface area contributed by atoms with Crippen LogP contribution >= 0.6 is 23.1 Å². The van der Waals surface area contributed by atoms with Crippen molar-refractivity contribution in [3.8, 4) is 5.75 Å². The summed E-state index contributed by atoms with van der Waals surface area (Å²) in [6.07, 6.45) is 0. The molecule has 0 amide bonds. The van der Waals surface area contributed by atoms with Crippen LogP contribution in [-0.2, 0) is 5.75 Å². The molecule has 18 heavy (non-hydrogen) atoms. The summed E-state index contributed by atoms with van der Waals surface area (Å²) < 4.78 is 2.07. The number of phenolic OH excluding ortho intramolecular Hbond substituents is 1. The Hall–Kier alpha value is -1.52. The van der Waals surface area contributed by atoms with Gasteiger partial charge in [0.05, 0.1) is 10.2 Å². The molecule has 0 saturated heterocycles. The maximum Gasteiger partial charge on any atom is 0.151 e. The number of thioether (sulfide) groups is 1. The average molecular weight is 273 g/mol. The summed E-state index contributed by atoms with van der Waals surface area (Å²) >= 11 is 3.35. The van der Waals surface area contributed by atoms with E-state index < -0.39 is 0 Å². The quantitative estimate of drug-likeness (QED) is 0.722. The summed E-state index contributed by atoms with van der Waals surface area (Å²) in [6, 6.07) is 15.6. The van der Waals surface area contributed by atoms with Crippen molar-refractivity contribution >= 4 is 33.3 Å². The third-order valence-electron chi connectivity index (χ3n) is 2.56. The zero-order valence-corrected chi connectivity index (χ0v) is 11.2. The van der Waals surface area contributed by atoms with Gasteiger partial charge in [0.25, 0.3) is 0 Å². The van der Waals surface area contributed by atoms with Crippen LogP contribution in [0.3, 0.4) is 0 Å². The number of aromatic hydroxyl groups is 1. The van der Waals surface area contributed by atoms with Gasteiger partial charge >= 0.3 is 0 Å². The van der Waals surface area contributed by atoms with Crippen molar-refractivity contribution in [2.45, 2.75) is 10.1 Å². The second-order valence-corrected chi connectivity index (χ2v) is 6.16. The second-order valence-electron chi connectivity index (χ2n) is 3.91. The highest BCUT2D eigenvalue weighted by atomic mass is 32.2. The van der Waals surface area contributed by atoms with Crippen LogP contribution in [0.2, 0.25) is 0 Å². The molecule has 2 nitrogen and oxygen atoms in total. The summed E-state index contributed by atoms with van der Waals surface area (Å²) in [5.41, 5.74) is 2.25. The van der Waals surface area contributed by atoms with E-state index in [0.717, 1.165) is 20.3 Å². The molecule has 0 bridgehead atoms. The molecule has 3 rings (SSSR count). The highest BCUT2D eigenvalue weighted by molar-refractivity contribution is 8.00. The second kappa shape index (κ2) is 5.00. The molecule has 0 atom stereocenters. The van der Waals surface area contributed by atoms with Crippen molar-refractivity contribution in [3.05, 3.63) is 54.1 Å². The molecule has 1 N–H and O–H groups in total. The molecule has 0 saturated carbocycles. The molecule has 0 radical (unpaired) electrons. The number of aromatic nitrogens is 1. The monoisotopic (exact) mass is 273 g/mol. The minimum Gasteiger partial charge on any atom is -0.508 e. The van der Waals surface area contributed by atoms with E-state index in [1.807, 2.05) is 24.3 Å². The van der Waals surface area contributed by atoms with Gasteiger partial charge in [-0.3, -0.25) is 0 Å². The van der Waals surface area contributed by atoms with Gasteiger partial charge in [-0.1, -0.05) is 42.1 Å². The number of fused-ring (bicyclic) bond motifs is 1. The number of hydrogen-bond donors (Lipinski definition) is 1. The zero-order chi connectivity index (χ0) is 12.4. The summed E-state index contributed by atoms with van der Waals surface area (Å²) in [4.78, 5) is 4.54. The van der Waals surface area contributed by atoms with E-state index in [2.05, 4.69) is 17.1 Å². The Morgan fingerprint density at radius 3 is 2.78 bits per heavy atom. The zero-order valence-electron chi connectivity index (χ0n) is 9.54. The molecule has 0 aliphatic carbocycles. The van der Waals surface area contributed by atoms with Crippen LogP contribution in [0.5, 0.6) is 5.75 Å². The van der Waals surface area contributed by atoms with Gasteiger partial charge in [-0.2, -0.15) is 0 Å². The number of nitrogens with zero attached hydrogens (tertiary/aromatic N) is 1. The lowest BCUT2D eigenvalue weighted by Crippen LogP contribution is -1.78. The van der Waals surface area contributed by atoms with Crippen LogP contribution in [0.15, 0.2) is 52.9 Å². The van der Waals surface area contributed by atoms with Gasteiger partial charge in [0.2, 0.25) is 0 Å². The van der Waals surface area contributed by atoms with Gasteiger partial charge in [0.1, 0.15) is 5.75 Å². The first-order valence-electron chi connectivity index (χ1n) is 5.57. The molecule has 0 unspecified atom stereocenters. The molecule has 1 heterocycles. The van der Waals surface area contributed by atoms with Gasteiger partial charge in [0, 0.05) is 5.75 Å². The lowest BCUT2D eigenvalue weighted by atomic mass is 10.2. The Bertz CT molecular complexity index is 664. The van der Waals surface area contributed by atoms with Crippen LogP contribution in [-0.4, -0.2) is 10.1 Å². The van der Waals surface area contributed by atoms with Gasteiger partial charge in [-0.25, -0.2) is 4.98 Å². The van der Waals surface area contributed by atoms with Crippen LogP contribution in [0, 0.1) is 0 Å². The fourth-order valence-corrected chi connectivity index (χ4v) is 3.73. The van der Waals surface area contributed by atoms with Crippen molar-refractivity contribution in [2.24, 2.45) is 0 Å². The molecule has 2 aromatic carbocycles. The molecule has 0 aliphatic rings. The summed E-state index contributed by atoms with van der Waals surface area (Å²) in [5.74, 6) is 1.22. The van der Waals surface area contributed by atoms with Crippen LogP contribution in [0.1, 0.15) is 5.56 Å². The fraction of sp³-hybridized carbons (Fsp3) is 0.0714. The Balaban J connectivity index is 1.79. The number of rotatable bonds is 3. The molecule has 4 heteroatoms. The van der Waals surface area contributed by atoms with E-state index in [1.54, 1.807) is 35.2 Å². The maximum absolute atomic E-state index is 9.42. The number of thiazole rings is 1. The Kier molecular flexibility index (Phi) is 3.21. The molecular weight excluding hydrogens is 262 g/mol. The standard InChI is InChI=1S/C14H11NOS2/c16-11-6-7-12-13(8-11)18-14(15-12)17-9-10-4-2-1-3-5-10/h1-8,16H,9H2. The topological polar surface area (TPSA) is 33.1 Å². The molecule has 3 aromatic rings. The summed E-state index contributed by atoms with van der Waals surface area (Å²) in [7, 11) is 0. The van der Waals surface area contributed by atoms with Crippen LogP contribution in [0.4, 0.5) is 0 Å². The Labute approximate surface area is 113 Å². The predicted molar refractivity (Wildman–Crippen MR) is 77.3 cm³/mol. The van der Waals surface area contributed by atoms with Gasteiger partial charge in [0.15, 0.2) is 4.34 Å². The van der Waals surface area contributed by atoms with E-state index in [9.17, 15) is 5.11 Å². The molecule has 90 valence electrons. The van der Waals surface area contributed by atoms with Crippen molar-refractivity contribution in [1.82, 2.24) is 4.98 Å². The first-order valence-corrected chi connectivity index (χ1v) is 7.38. The van der Waals surface area contributed by atoms with Crippen molar-refractivity contribution < 1.29 is 5.11 Å². The largest absolute Gasteiger partial charge is 0.508 e. The van der Waals surface area contributed by atoms with Crippen molar-refractivity contribution in [3.63, 3.8) is 0 Å². The minimum absolute atomic E-state index is 0.297. The van der Waals surface area contributed by atoms with Crippen molar-refractivity contribution in [1.29, 1.82) is 0 Å². The minimum atomic E-state index is 0.297. The molecule has 1 aromatic heterocycles. The number of phenols is 1. The molecule has 0 spiro atoms. The molecular formula is C14H11NOS2. The third-order valence-corrected chi connectivity index (χ3v) is 4.79. The smallest absolute Gasteiger partial charge is 0.151 e. The first kappa shape index (κ1) is 11.6. The van der Waals surface area contributed by atoms with E-state index in [1.165, 1.54) is 5.56 Å². The van der Waals surface area contributed by atoms with E-state index in [4.69, 9.17) is 0 Å². The van der Waals surface area contributed by atoms with E-state index in [-0.39, 0.29) is 0 Å². The maximum atomic E-state index is 9.42. The van der Waals surface area contributed by atoms with Crippen LogP contribution < -0.4 is 0 Å². The number of hydrogen-bond acceptors (Lipinski definition) is 4. The van der Waals surface area contributed by atoms with Gasteiger partial charge in [-0.15, -0.1) is 11.3 Å². The number of benzene rings is 2. The molecule has 0 fully saturated rings. The normalized spacial score (nSPS) is 10.9. The Morgan fingerprint density at radius 1 is 1.11 bits per heavy atom.